The molecule has 0 atom stereocenters. The van der Waals surface area contributed by atoms with Crippen molar-refractivity contribution >= 4 is 33.5 Å². The van der Waals surface area contributed by atoms with Crippen LogP contribution in [0.5, 0.6) is 0 Å². The van der Waals surface area contributed by atoms with E-state index in [0.29, 0.717) is 30.4 Å². The molecule has 0 fully saturated rings. The van der Waals surface area contributed by atoms with Gasteiger partial charge in [-0.15, -0.1) is 10.2 Å². The number of rotatable bonds is 6. The van der Waals surface area contributed by atoms with E-state index in [-0.39, 0.29) is 5.91 Å². The molecule has 2 aromatic rings. The summed E-state index contributed by atoms with van der Waals surface area (Å²) in [4.78, 5) is 12.0. The summed E-state index contributed by atoms with van der Waals surface area (Å²) in [5.74, 6) is 0.801. The highest BCUT2D eigenvalue weighted by Crippen LogP contribution is 2.13. The van der Waals surface area contributed by atoms with Crippen LogP contribution in [0.2, 0.25) is 0 Å². The van der Waals surface area contributed by atoms with Crippen LogP contribution < -0.4 is 10.6 Å². The first-order valence-electron chi connectivity index (χ1n) is 6.32. The lowest BCUT2D eigenvalue weighted by Gasteiger charge is -2.06. The third-order valence-electron chi connectivity index (χ3n) is 2.61. The Kier molecular flexibility index (Phi) is 5.65. The van der Waals surface area contributed by atoms with Crippen LogP contribution in [0.3, 0.4) is 0 Å². The summed E-state index contributed by atoms with van der Waals surface area (Å²) in [5.41, 5.74) is 0.550. The monoisotopic (exact) mass is 350 g/mol. The summed E-state index contributed by atoms with van der Waals surface area (Å²) < 4.78 is 5.77. The minimum Gasteiger partial charge on any atom is -0.383 e. The van der Waals surface area contributed by atoms with Gasteiger partial charge in [0.15, 0.2) is 5.82 Å². The molecule has 2 rings (SSSR count). The third-order valence-corrected chi connectivity index (χ3v) is 3.10. The number of hydrogen-bond acceptors (Lipinski definition) is 5. The number of amides is 1. The second kappa shape index (κ2) is 7.70. The molecule has 0 bridgehead atoms. The number of benzene rings is 1. The maximum atomic E-state index is 12.0. The van der Waals surface area contributed by atoms with Crippen LogP contribution in [0.15, 0.2) is 40.9 Å². The number of anilines is 2. The van der Waals surface area contributed by atoms with E-state index in [9.17, 15) is 4.79 Å². The fourth-order valence-corrected chi connectivity index (χ4v) is 1.99. The minimum absolute atomic E-state index is 0.231. The van der Waals surface area contributed by atoms with Crippen molar-refractivity contribution in [2.24, 2.45) is 0 Å². The van der Waals surface area contributed by atoms with Crippen LogP contribution in [0, 0.1) is 0 Å². The highest BCUT2D eigenvalue weighted by Gasteiger charge is 2.07. The van der Waals surface area contributed by atoms with Gasteiger partial charge in [0.2, 0.25) is 0 Å². The van der Waals surface area contributed by atoms with Gasteiger partial charge >= 0.3 is 0 Å². The van der Waals surface area contributed by atoms with Gasteiger partial charge in [-0.25, -0.2) is 0 Å². The molecule has 6 nitrogen and oxygen atoms in total. The topological polar surface area (TPSA) is 76.1 Å². The van der Waals surface area contributed by atoms with Crippen molar-refractivity contribution in [3.63, 3.8) is 0 Å². The Bertz CT molecular complexity index is 604. The van der Waals surface area contributed by atoms with Gasteiger partial charge in [-0.3, -0.25) is 4.79 Å². The van der Waals surface area contributed by atoms with Crippen LogP contribution in [0.1, 0.15) is 10.4 Å². The number of carbonyl (C=O) groups excluding carboxylic acids is 1. The Hall–Kier alpha value is -1.99. The quantitative estimate of drug-likeness (QED) is 0.783. The van der Waals surface area contributed by atoms with E-state index in [2.05, 4.69) is 36.8 Å². The van der Waals surface area contributed by atoms with Gasteiger partial charge in [0.25, 0.3) is 5.91 Å². The lowest BCUT2D eigenvalue weighted by atomic mass is 10.2. The summed E-state index contributed by atoms with van der Waals surface area (Å²) in [6.07, 6.45) is 0. The molecular weight excluding hydrogens is 336 g/mol. The number of hydrogen-bond donors (Lipinski definition) is 2. The van der Waals surface area contributed by atoms with E-state index in [4.69, 9.17) is 4.74 Å². The van der Waals surface area contributed by atoms with Crippen molar-refractivity contribution in [1.29, 1.82) is 0 Å². The zero-order valence-corrected chi connectivity index (χ0v) is 13.1. The third kappa shape index (κ3) is 4.80. The van der Waals surface area contributed by atoms with Gasteiger partial charge in [0.05, 0.1) is 6.61 Å². The molecular formula is C14H15BrN4O2. The first kappa shape index (κ1) is 15.4. The Morgan fingerprint density at radius 2 is 2.00 bits per heavy atom. The molecule has 1 aromatic carbocycles. The number of methoxy groups -OCH3 is 1. The first-order chi connectivity index (χ1) is 10.2. The van der Waals surface area contributed by atoms with E-state index < -0.39 is 0 Å². The highest BCUT2D eigenvalue weighted by atomic mass is 79.9. The number of ether oxygens (including phenoxy) is 1. The van der Waals surface area contributed by atoms with E-state index >= 15 is 0 Å². The van der Waals surface area contributed by atoms with Crippen molar-refractivity contribution in [1.82, 2.24) is 10.2 Å². The summed E-state index contributed by atoms with van der Waals surface area (Å²) in [6.45, 7) is 1.23. The average Bonchev–Trinajstić information content (AvgIpc) is 2.49. The zero-order valence-electron chi connectivity index (χ0n) is 11.5. The average molecular weight is 351 g/mol. The predicted octanol–water partition coefficient (Wildman–Crippen LogP) is 2.55. The highest BCUT2D eigenvalue weighted by molar-refractivity contribution is 9.10. The van der Waals surface area contributed by atoms with Crippen molar-refractivity contribution in [3.8, 4) is 0 Å². The molecule has 7 heteroatoms. The molecule has 1 amide bonds. The van der Waals surface area contributed by atoms with Gasteiger partial charge in [-0.05, 0) is 30.3 Å². The fraction of sp³-hybridized carbons (Fsp3) is 0.214. The molecule has 0 aliphatic heterocycles. The summed E-state index contributed by atoms with van der Waals surface area (Å²) in [7, 11) is 1.63. The van der Waals surface area contributed by atoms with Gasteiger partial charge in [0.1, 0.15) is 5.82 Å². The Labute approximate surface area is 131 Å². The molecule has 0 saturated carbocycles. The van der Waals surface area contributed by atoms with E-state index in [0.717, 1.165) is 4.47 Å². The first-order valence-corrected chi connectivity index (χ1v) is 7.12. The maximum Gasteiger partial charge on any atom is 0.256 e. The Morgan fingerprint density at radius 1 is 1.24 bits per heavy atom. The van der Waals surface area contributed by atoms with E-state index in [1.165, 1.54) is 0 Å². The number of carbonyl (C=O) groups is 1. The zero-order chi connectivity index (χ0) is 15.1. The van der Waals surface area contributed by atoms with Crippen LogP contribution in [-0.2, 0) is 4.74 Å². The van der Waals surface area contributed by atoms with E-state index in [1.807, 2.05) is 6.07 Å². The molecule has 0 unspecified atom stereocenters. The van der Waals surface area contributed by atoms with Crippen LogP contribution in [-0.4, -0.2) is 36.4 Å². The number of aromatic nitrogens is 2. The lowest BCUT2D eigenvalue weighted by Crippen LogP contribution is -2.14. The van der Waals surface area contributed by atoms with Crippen molar-refractivity contribution < 1.29 is 9.53 Å². The fourth-order valence-electron chi connectivity index (χ4n) is 1.59. The molecule has 1 heterocycles. The number of nitrogens with one attached hydrogen (secondary N) is 2. The molecule has 0 spiro atoms. The molecule has 0 aliphatic carbocycles. The summed E-state index contributed by atoms with van der Waals surface area (Å²) in [6, 6.07) is 10.6. The van der Waals surface area contributed by atoms with Gasteiger partial charge in [-0.1, -0.05) is 22.0 Å². The molecule has 0 saturated heterocycles. The number of halogens is 1. The Balaban J connectivity index is 1.95. The second-order valence-corrected chi connectivity index (χ2v) is 5.10. The summed E-state index contributed by atoms with van der Waals surface area (Å²) in [5, 5.41) is 13.7. The van der Waals surface area contributed by atoms with Gasteiger partial charge in [0, 0.05) is 23.7 Å². The molecule has 2 N–H and O–H groups in total. The Morgan fingerprint density at radius 3 is 2.67 bits per heavy atom. The smallest absolute Gasteiger partial charge is 0.256 e. The number of nitrogens with zero attached hydrogens (tertiary/aromatic N) is 2. The lowest BCUT2D eigenvalue weighted by molar-refractivity contribution is 0.102. The van der Waals surface area contributed by atoms with Crippen molar-refractivity contribution in [3.05, 3.63) is 46.4 Å². The van der Waals surface area contributed by atoms with E-state index in [1.54, 1.807) is 37.4 Å². The maximum absolute atomic E-state index is 12.0. The van der Waals surface area contributed by atoms with Crippen LogP contribution in [0.4, 0.5) is 11.6 Å². The van der Waals surface area contributed by atoms with Crippen molar-refractivity contribution in [2.75, 3.05) is 30.9 Å². The van der Waals surface area contributed by atoms with Gasteiger partial charge in [-0.2, -0.15) is 0 Å². The largest absolute Gasteiger partial charge is 0.383 e. The predicted molar refractivity (Wildman–Crippen MR) is 84.5 cm³/mol. The second-order valence-electron chi connectivity index (χ2n) is 4.19. The van der Waals surface area contributed by atoms with Crippen LogP contribution in [0.25, 0.3) is 0 Å². The SMILES string of the molecule is COCCNc1ccc(NC(=O)c2cccc(Br)c2)nn1. The molecule has 1 aromatic heterocycles. The van der Waals surface area contributed by atoms with Crippen molar-refractivity contribution in [2.45, 2.75) is 0 Å². The minimum atomic E-state index is -0.231. The molecule has 21 heavy (non-hydrogen) atoms. The standard InChI is InChI=1S/C14H15BrN4O2/c1-21-8-7-16-12-5-6-13(19-18-12)17-14(20)10-3-2-4-11(15)9-10/h2-6,9H,7-8H2,1H3,(H,16,18)(H,17,19,20). The molecule has 0 radical (unpaired) electrons. The normalized spacial score (nSPS) is 10.2. The molecule has 0 aliphatic rings. The van der Waals surface area contributed by atoms with Crippen LogP contribution >= 0.6 is 15.9 Å². The summed E-state index contributed by atoms with van der Waals surface area (Å²) >= 11 is 3.33. The van der Waals surface area contributed by atoms with Gasteiger partial charge < -0.3 is 15.4 Å². The molecule has 110 valence electrons.